The third-order valence-electron chi connectivity index (χ3n) is 1.70. The van der Waals surface area contributed by atoms with E-state index in [0.717, 1.165) is 5.56 Å². The molecular weight excluding hydrogens is 198 g/mol. The van der Waals surface area contributed by atoms with Crippen LogP contribution >= 0.6 is 0 Å². The van der Waals surface area contributed by atoms with E-state index in [1.807, 2.05) is 13.8 Å². The fraction of sp³-hybridized carbons (Fsp3) is 0.500. The number of rotatable bonds is 4. The van der Waals surface area contributed by atoms with Crippen LogP contribution in [0.5, 0.6) is 0 Å². The molecule has 0 spiro atoms. The van der Waals surface area contributed by atoms with Gasteiger partial charge in [-0.05, 0) is 17.5 Å². The van der Waals surface area contributed by atoms with Crippen LogP contribution in [0, 0.1) is 5.92 Å². The van der Waals surface area contributed by atoms with Crippen LogP contribution in [-0.4, -0.2) is 19.2 Å². The zero-order valence-corrected chi connectivity index (χ0v) is 9.29. The highest BCUT2D eigenvalue weighted by Gasteiger charge is 2.13. The summed E-state index contributed by atoms with van der Waals surface area (Å²) >= 11 is 0. The van der Waals surface area contributed by atoms with Gasteiger partial charge in [-0.1, -0.05) is 19.9 Å². The Bertz CT molecular complexity index is 370. The Labute approximate surface area is 85.1 Å². The third kappa shape index (κ3) is 3.87. The minimum atomic E-state index is -2.97. The molecule has 1 rings (SSSR count). The van der Waals surface area contributed by atoms with Crippen molar-refractivity contribution < 1.29 is 8.42 Å². The van der Waals surface area contributed by atoms with E-state index in [1.165, 1.54) is 0 Å². The lowest BCUT2D eigenvalue weighted by atomic mass is 10.3. The average molecular weight is 213 g/mol. The molecule has 0 aliphatic heterocycles. The Morgan fingerprint density at radius 3 is 2.64 bits per heavy atom. The average Bonchev–Trinajstić information content (AvgIpc) is 2.02. The molecule has 0 aliphatic carbocycles. The predicted molar refractivity (Wildman–Crippen MR) is 56.6 cm³/mol. The van der Waals surface area contributed by atoms with Crippen LogP contribution in [0.4, 0.5) is 0 Å². The Morgan fingerprint density at radius 2 is 2.14 bits per heavy atom. The van der Waals surface area contributed by atoms with Crippen molar-refractivity contribution in [3.63, 3.8) is 0 Å². The van der Waals surface area contributed by atoms with Crippen molar-refractivity contribution in [1.82, 2.24) is 4.98 Å². The van der Waals surface area contributed by atoms with Crippen molar-refractivity contribution >= 4 is 9.84 Å². The van der Waals surface area contributed by atoms with Crippen molar-refractivity contribution in [2.24, 2.45) is 5.92 Å². The summed E-state index contributed by atoms with van der Waals surface area (Å²) < 4.78 is 23.2. The topological polar surface area (TPSA) is 47.0 Å². The monoisotopic (exact) mass is 213 g/mol. The van der Waals surface area contributed by atoms with E-state index in [9.17, 15) is 8.42 Å². The first kappa shape index (κ1) is 11.2. The summed E-state index contributed by atoms with van der Waals surface area (Å²) in [7, 11) is -2.97. The van der Waals surface area contributed by atoms with Gasteiger partial charge in [0.2, 0.25) is 0 Å². The molecule has 0 radical (unpaired) electrons. The van der Waals surface area contributed by atoms with Crippen LogP contribution in [0.15, 0.2) is 24.5 Å². The summed E-state index contributed by atoms with van der Waals surface area (Å²) in [6, 6.07) is 3.53. The zero-order chi connectivity index (χ0) is 10.6. The molecule has 0 saturated heterocycles. The molecule has 0 amide bonds. The SMILES string of the molecule is CC(C)CS(=O)(=O)Cc1cccnc1. The first-order valence-corrected chi connectivity index (χ1v) is 6.41. The van der Waals surface area contributed by atoms with E-state index in [-0.39, 0.29) is 17.4 Å². The molecule has 0 unspecified atom stereocenters. The largest absolute Gasteiger partial charge is 0.264 e. The number of nitrogens with zero attached hydrogens (tertiary/aromatic N) is 1. The van der Waals surface area contributed by atoms with Crippen LogP contribution < -0.4 is 0 Å². The predicted octanol–water partition coefficient (Wildman–Crippen LogP) is 1.65. The molecule has 3 nitrogen and oxygen atoms in total. The van der Waals surface area contributed by atoms with E-state index < -0.39 is 9.84 Å². The molecule has 0 aromatic carbocycles. The minimum Gasteiger partial charge on any atom is -0.264 e. The lowest BCUT2D eigenvalue weighted by Gasteiger charge is -2.06. The van der Waals surface area contributed by atoms with Crippen molar-refractivity contribution in [3.8, 4) is 0 Å². The summed E-state index contributed by atoms with van der Waals surface area (Å²) in [5.41, 5.74) is 0.758. The second-order valence-electron chi connectivity index (χ2n) is 3.81. The first-order chi connectivity index (χ1) is 6.49. The van der Waals surface area contributed by atoms with E-state index >= 15 is 0 Å². The molecular formula is C10H15NO2S. The van der Waals surface area contributed by atoms with E-state index in [4.69, 9.17) is 0 Å². The molecule has 0 atom stereocenters. The van der Waals surface area contributed by atoms with Gasteiger partial charge in [0.25, 0.3) is 0 Å². The standard InChI is InChI=1S/C10H15NO2S/c1-9(2)7-14(12,13)8-10-4-3-5-11-6-10/h3-6,9H,7-8H2,1-2H3. The zero-order valence-electron chi connectivity index (χ0n) is 8.47. The number of hydrogen-bond acceptors (Lipinski definition) is 3. The van der Waals surface area contributed by atoms with Crippen molar-refractivity contribution in [1.29, 1.82) is 0 Å². The summed E-state index contributed by atoms with van der Waals surface area (Å²) in [5, 5.41) is 0. The second kappa shape index (κ2) is 4.55. The molecule has 0 fully saturated rings. The lowest BCUT2D eigenvalue weighted by molar-refractivity contribution is 0.581. The van der Waals surface area contributed by atoms with Crippen molar-refractivity contribution in [2.45, 2.75) is 19.6 Å². The van der Waals surface area contributed by atoms with Gasteiger partial charge in [0.05, 0.1) is 11.5 Å². The van der Waals surface area contributed by atoms with Gasteiger partial charge in [0, 0.05) is 12.4 Å². The van der Waals surface area contributed by atoms with Gasteiger partial charge in [-0.15, -0.1) is 0 Å². The fourth-order valence-corrected chi connectivity index (χ4v) is 3.12. The van der Waals surface area contributed by atoms with Gasteiger partial charge in [-0.2, -0.15) is 0 Å². The minimum absolute atomic E-state index is 0.0962. The van der Waals surface area contributed by atoms with Crippen molar-refractivity contribution in [2.75, 3.05) is 5.75 Å². The van der Waals surface area contributed by atoms with Gasteiger partial charge in [-0.25, -0.2) is 8.42 Å². The first-order valence-electron chi connectivity index (χ1n) is 4.59. The number of aromatic nitrogens is 1. The summed E-state index contributed by atoms with van der Waals surface area (Å²) in [5.74, 6) is 0.512. The van der Waals surface area contributed by atoms with Gasteiger partial charge >= 0.3 is 0 Å². The number of hydrogen-bond donors (Lipinski definition) is 0. The summed E-state index contributed by atoms with van der Waals surface area (Å²) in [4.78, 5) is 3.88. The highest BCUT2D eigenvalue weighted by atomic mass is 32.2. The highest BCUT2D eigenvalue weighted by molar-refractivity contribution is 7.90. The number of sulfone groups is 1. The third-order valence-corrected chi connectivity index (χ3v) is 3.64. The van der Waals surface area contributed by atoms with Crippen LogP contribution in [0.25, 0.3) is 0 Å². The van der Waals surface area contributed by atoms with E-state index in [0.29, 0.717) is 0 Å². The number of pyridine rings is 1. The molecule has 0 N–H and O–H groups in total. The molecule has 1 heterocycles. The van der Waals surface area contributed by atoms with Crippen LogP contribution in [-0.2, 0) is 15.6 Å². The molecule has 0 saturated carbocycles. The molecule has 0 bridgehead atoms. The normalized spacial score (nSPS) is 11.9. The summed E-state index contributed by atoms with van der Waals surface area (Å²) in [6.45, 7) is 3.81. The molecule has 4 heteroatoms. The van der Waals surface area contributed by atoms with E-state index in [2.05, 4.69) is 4.98 Å². The Morgan fingerprint density at radius 1 is 1.43 bits per heavy atom. The van der Waals surface area contributed by atoms with Gasteiger partial charge in [0.15, 0.2) is 9.84 Å². The molecule has 0 aliphatic rings. The highest BCUT2D eigenvalue weighted by Crippen LogP contribution is 2.08. The molecule has 78 valence electrons. The van der Waals surface area contributed by atoms with Gasteiger partial charge in [0.1, 0.15) is 0 Å². The van der Waals surface area contributed by atoms with E-state index in [1.54, 1.807) is 24.5 Å². The fourth-order valence-electron chi connectivity index (χ4n) is 1.30. The van der Waals surface area contributed by atoms with Crippen LogP contribution in [0.1, 0.15) is 19.4 Å². The quantitative estimate of drug-likeness (QED) is 0.764. The van der Waals surface area contributed by atoms with Gasteiger partial charge < -0.3 is 0 Å². The Balaban J connectivity index is 2.70. The maximum Gasteiger partial charge on any atom is 0.154 e. The summed E-state index contributed by atoms with van der Waals surface area (Å²) in [6.07, 6.45) is 3.23. The van der Waals surface area contributed by atoms with Crippen molar-refractivity contribution in [3.05, 3.63) is 30.1 Å². The molecule has 1 aromatic rings. The van der Waals surface area contributed by atoms with Crippen LogP contribution in [0.3, 0.4) is 0 Å². The van der Waals surface area contributed by atoms with Crippen LogP contribution in [0.2, 0.25) is 0 Å². The maximum absolute atomic E-state index is 11.6. The lowest BCUT2D eigenvalue weighted by Crippen LogP contribution is -2.13. The maximum atomic E-state index is 11.6. The van der Waals surface area contributed by atoms with Gasteiger partial charge in [-0.3, -0.25) is 4.98 Å². The molecule has 14 heavy (non-hydrogen) atoms. The second-order valence-corrected chi connectivity index (χ2v) is 5.92. The Kier molecular flexibility index (Phi) is 3.63. The molecule has 1 aromatic heterocycles. The smallest absolute Gasteiger partial charge is 0.154 e. The Hall–Kier alpha value is -0.900.